The summed E-state index contributed by atoms with van der Waals surface area (Å²) in [5, 5.41) is 7.44. The van der Waals surface area contributed by atoms with Crippen LogP contribution in [0.2, 0.25) is 0 Å². The summed E-state index contributed by atoms with van der Waals surface area (Å²) in [5.41, 5.74) is 1.83. The molecule has 11 heteroatoms. The van der Waals surface area contributed by atoms with Crippen LogP contribution in [-0.4, -0.2) is 39.7 Å². The van der Waals surface area contributed by atoms with Gasteiger partial charge in [-0.15, -0.1) is 0 Å². The molecule has 0 bridgehead atoms. The maximum absolute atomic E-state index is 14.4. The summed E-state index contributed by atoms with van der Waals surface area (Å²) in [4.78, 5) is 28.6. The monoisotopic (exact) mass is 624 g/mol. The number of amides is 1. The molecule has 1 N–H and O–H groups in total. The van der Waals surface area contributed by atoms with Crippen molar-refractivity contribution >= 4 is 23.2 Å². The molecule has 45 heavy (non-hydrogen) atoms. The molecule has 0 fully saturated rings. The summed E-state index contributed by atoms with van der Waals surface area (Å²) in [6, 6.07) is 12.9. The average molecular weight is 625 g/mol. The van der Waals surface area contributed by atoms with Crippen molar-refractivity contribution in [2.24, 2.45) is 5.41 Å². The lowest BCUT2D eigenvalue weighted by Gasteiger charge is -2.19. The van der Waals surface area contributed by atoms with Gasteiger partial charge >= 0.3 is 12.1 Å². The van der Waals surface area contributed by atoms with Crippen molar-refractivity contribution in [1.82, 2.24) is 14.6 Å². The standard InChI is InChI=1S/C34H39F3N4O4/c1-6-44-30(42)14-9-7-8-10-19-45-28-13-11-12-24(31(28)34(35,36)37)25-17-18-29-38-27(21-41(29)40-25)23-16-15-22(2)26(20-23)39-32(43)33(3,4)5/h11-13,15-18,20-21H,6-10,14,19H2,1-5H3,(H,39,43). The van der Waals surface area contributed by atoms with Gasteiger partial charge in [0.25, 0.3) is 0 Å². The van der Waals surface area contributed by atoms with Gasteiger partial charge in [0.15, 0.2) is 5.65 Å². The molecule has 0 aliphatic heterocycles. The maximum Gasteiger partial charge on any atom is 0.420 e. The normalized spacial score (nSPS) is 11.9. The second kappa shape index (κ2) is 14.1. The number of aromatic nitrogens is 3. The van der Waals surface area contributed by atoms with Gasteiger partial charge in [0.05, 0.1) is 30.8 Å². The molecule has 4 aromatic rings. The van der Waals surface area contributed by atoms with Crippen LogP contribution in [0, 0.1) is 12.3 Å². The molecule has 8 nitrogen and oxygen atoms in total. The number of nitrogens with zero attached hydrogens (tertiary/aromatic N) is 3. The highest BCUT2D eigenvalue weighted by Crippen LogP contribution is 2.42. The van der Waals surface area contributed by atoms with Gasteiger partial charge in [-0.25, -0.2) is 9.50 Å². The lowest BCUT2D eigenvalue weighted by Crippen LogP contribution is -2.27. The Balaban J connectivity index is 1.53. The number of halogens is 3. The van der Waals surface area contributed by atoms with E-state index in [1.165, 1.54) is 28.8 Å². The zero-order valence-corrected chi connectivity index (χ0v) is 26.3. The number of rotatable bonds is 12. The average Bonchev–Trinajstić information content (AvgIpc) is 3.40. The van der Waals surface area contributed by atoms with Gasteiger partial charge in [-0.1, -0.05) is 57.9 Å². The van der Waals surface area contributed by atoms with Crippen molar-refractivity contribution < 1.29 is 32.2 Å². The first-order valence-electron chi connectivity index (χ1n) is 15.1. The van der Waals surface area contributed by atoms with E-state index in [-0.39, 0.29) is 35.5 Å². The molecule has 2 heterocycles. The van der Waals surface area contributed by atoms with Crippen molar-refractivity contribution in [3.8, 4) is 28.3 Å². The summed E-state index contributed by atoms with van der Waals surface area (Å²) in [7, 11) is 0. The summed E-state index contributed by atoms with van der Waals surface area (Å²) in [6.07, 6.45) is -0.0370. The Morgan fingerprint density at radius 1 is 0.956 bits per heavy atom. The third-order valence-electron chi connectivity index (χ3n) is 7.21. The van der Waals surface area contributed by atoms with Crippen molar-refractivity contribution in [1.29, 1.82) is 0 Å². The molecule has 0 radical (unpaired) electrons. The Bertz CT molecular complexity index is 1660. The van der Waals surface area contributed by atoms with Crippen LogP contribution >= 0.6 is 0 Å². The van der Waals surface area contributed by atoms with Gasteiger partial charge < -0.3 is 14.8 Å². The van der Waals surface area contributed by atoms with Crippen LogP contribution in [0.3, 0.4) is 0 Å². The molecule has 0 atom stereocenters. The molecule has 2 aromatic carbocycles. The number of alkyl halides is 3. The number of unbranched alkanes of at least 4 members (excludes halogenated alkanes) is 3. The van der Waals surface area contributed by atoms with E-state index < -0.39 is 17.2 Å². The number of benzene rings is 2. The van der Waals surface area contributed by atoms with Crippen LogP contribution in [0.25, 0.3) is 28.2 Å². The van der Waals surface area contributed by atoms with Crippen LogP contribution < -0.4 is 10.1 Å². The molecular formula is C34H39F3N4O4. The third-order valence-corrected chi connectivity index (χ3v) is 7.21. The Hall–Kier alpha value is -4.41. The first kappa shape index (κ1) is 33.5. The van der Waals surface area contributed by atoms with Gasteiger partial charge in [-0.2, -0.15) is 18.3 Å². The fourth-order valence-electron chi connectivity index (χ4n) is 4.69. The molecule has 2 aromatic heterocycles. The van der Waals surface area contributed by atoms with E-state index in [0.717, 1.165) is 17.5 Å². The molecule has 4 rings (SSSR count). The van der Waals surface area contributed by atoms with Gasteiger partial charge in [0.2, 0.25) is 5.91 Å². The van der Waals surface area contributed by atoms with E-state index in [4.69, 9.17) is 9.47 Å². The lowest BCUT2D eigenvalue weighted by molar-refractivity contribution is -0.143. The number of anilines is 1. The van der Waals surface area contributed by atoms with Crippen molar-refractivity contribution in [2.45, 2.75) is 72.9 Å². The highest BCUT2D eigenvalue weighted by Gasteiger charge is 2.38. The minimum atomic E-state index is -4.68. The van der Waals surface area contributed by atoms with E-state index in [1.54, 1.807) is 19.2 Å². The van der Waals surface area contributed by atoms with Crippen LogP contribution in [0.5, 0.6) is 5.75 Å². The van der Waals surface area contributed by atoms with Crippen molar-refractivity contribution in [3.05, 3.63) is 65.9 Å². The maximum atomic E-state index is 14.4. The van der Waals surface area contributed by atoms with Crippen molar-refractivity contribution in [3.63, 3.8) is 0 Å². The Labute approximate surface area is 261 Å². The Morgan fingerprint density at radius 2 is 1.71 bits per heavy atom. The number of aryl methyl sites for hydroxylation is 1. The molecule has 0 aliphatic rings. The quantitative estimate of drug-likeness (QED) is 0.126. The minimum Gasteiger partial charge on any atom is -0.493 e. The summed E-state index contributed by atoms with van der Waals surface area (Å²) in [5.74, 6) is -0.629. The third kappa shape index (κ3) is 8.61. The van der Waals surface area contributed by atoms with E-state index in [9.17, 15) is 22.8 Å². The molecule has 1 amide bonds. The second-order valence-corrected chi connectivity index (χ2v) is 11.9. The zero-order chi connectivity index (χ0) is 32.8. The highest BCUT2D eigenvalue weighted by atomic mass is 19.4. The minimum absolute atomic E-state index is 0.103. The van der Waals surface area contributed by atoms with Crippen LogP contribution in [0.15, 0.2) is 54.7 Å². The van der Waals surface area contributed by atoms with Gasteiger partial charge in [0.1, 0.15) is 11.3 Å². The smallest absolute Gasteiger partial charge is 0.420 e. The van der Waals surface area contributed by atoms with Crippen LogP contribution in [0.1, 0.15) is 70.9 Å². The highest BCUT2D eigenvalue weighted by molar-refractivity contribution is 5.95. The van der Waals surface area contributed by atoms with E-state index in [0.29, 0.717) is 49.3 Å². The lowest BCUT2D eigenvalue weighted by atomic mass is 9.95. The Kier molecular flexibility index (Phi) is 10.5. The predicted molar refractivity (Wildman–Crippen MR) is 167 cm³/mol. The number of carbonyl (C=O) groups excluding carboxylic acids is 2. The van der Waals surface area contributed by atoms with E-state index >= 15 is 0 Å². The second-order valence-electron chi connectivity index (χ2n) is 11.9. The molecule has 0 saturated heterocycles. The summed E-state index contributed by atoms with van der Waals surface area (Å²) < 4.78 is 55.1. The first-order valence-corrected chi connectivity index (χ1v) is 15.1. The van der Waals surface area contributed by atoms with Gasteiger partial charge in [0, 0.05) is 28.7 Å². The number of nitrogens with one attached hydrogen (secondary N) is 1. The molecule has 240 valence electrons. The van der Waals surface area contributed by atoms with Gasteiger partial charge in [-0.05, 0) is 56.5 Å². The first-order chi connectivity index (χ1) is 21.3. The van der Waals surface area contributed by atoms with Gasteiger partial charge in [-0.3, -0.25) is 9.59 Å². The molecule has 0 spiro atoms. The largest absolute Gasteiger partial charge is 0.493 e. The fourth-order valence-corrected chi connectivity index (χ4v) is 4.69. The molecule has 0 unspecified atom stereocenters. The van der Waals surface area contributed by atoms with Crippen molar-refractivity contribution in [2.75, 3.05) is 18.5 Å². The molecular weight excluding hydrogens is 585 g/mol. The number of fused-ring (bicyclic) bond motifs is 1. The number of hydrogen-bond donors (Lipinski definition) is 1. The number of esters is 1. The Morgan fingerprint density at radius 3 is 2.42 bits per heavy atom. The summed E-state index contributed by atoms with van der Waals surface area (Å²) in [6.45, 7) is 9.59. The number of hydrogen-bond acceptors (Lipinski definition) is 6. The zero-order valence-electron chi connectivity index (χ0n) is 26.3. The predicted octanol–water partition coefficient (Wildman–Crippen LogP) is 8.27. The summed E-state index contributed by atoms with van der Waals surface area (Å²) >= 11 is 0. The van der Waals surface area contributed by atoms with E-state index in [1.807, 2.05) is 45.9 Å². The molecule has 0 aliphatic carbocycles. The SMILES string of the molecule is CCOC(=O)CCCCCCOc1cccc(-c2ccc3nc(-c4ccc(C)c(NC(=O)C(C)(C)C)c4)cn3n2)c1C(F)(F)F. The van der Waals surface area contributed by atoms with Crippen LogP contribution in [-0.2, 0) is 20.5 Å². The number of ether oxygens (including phenoxy) is 2. The number of imidazole rings is 1. The van der Waals surface area contributed by atoms with E-state index in [2.05, 4.69) is 15.4 Å². The molecule has 0 saturated carbocycles. The number of carbonyl (C=O) groups is 2. The topological polar surface area (TPSA) is 94.8 Å². The van der Waals surface area contributed by atoms with Crippen LogP contribution in [0.4, 0.5) is 18.9 Å². The fraction of sp³-hybridized carbons (Fsp3) is 0.412.